The van der Waals surface area contributed by atoms with Gasteiger partial charge in [0.05, 0.1) is 17.0 Å². The maximum absolute atomic E-state index is 13.7. The van der Waals surface area contributed by atoms with Crippen LogP contribution in [0.2, 0.25) is 0 Å². The first-order valence-electron chi connectivity index (χ1n) is 5.96. The van der Waals surface area contributed by atoms with E-state index in [4.69, 9.17) is 5.73 Å². The highest BCUT2D eigenvalue weighted by molar-refractivity contribution is 7.89. The van der Waals surface area contributed by atoms with Crippen LogP contribution in [0.3, 0.4) is 0 Å². The fourth-order valence-corrected chi connectivity index (χ4v) is 3.09. The molecule has 1 aromatic rings. The Morgan fingerprint density at radius 3 is 2.42 bits per heavy atom. The summed E-state index contributed by atoms with van der Waals surface area (Å²) < 4.78 is 39.4. The molecule has 4 nitrogen and oxygen atoms in total. The molecule has 104 valence electrons. The van der Waals surface area contributed by atoms with Crippen LogP contribution >= 0.6 is 0 Å². The van der Waals surface area contributed by atoms with Gasteiger partial charge < -0.3 is 5.73 Å². The summed E-state index contributed by atoms with van der Waals surface area (Å²) in [5, 5.41) is 0. The first-order valence-corrected chi connectivity index (χ1v) is 7.40. The molecule has 0 aliphatic rings. The van der Waals surface area contributed by atoms with Gasteiger partial charge in [0.25, 0.3) is 0 Å². The van der Waals surface area contributed by atoms with Gasteiger partial charge in [-0.2, -0.15) is 4.31 Å². The van der Waals surface area contributed by atoms with Crippen molar-refractivity contribution >= 4 is 10.0 Å². The molecule has 0 amide bonds. The Kier molecular flexibility index (Phi) is 5.48. The van der Waals surface area contributed by atoms with Gasteiger partial charge in [-0.05, 0) is 18.2 Å². The van der Waals surface area contributed by atoms with Crippen molar-refractivity contribution in [2.75, 3.05) is 19.6 Å². The van der Waals surface area contributed by atoms with Crippen molar-refractivity contribution in [3.8, 4) is 11.8 Å². The van der Waals surface area contributed by atoms with E-state index < -0.39 is 15.8 Å². The van der Waals surface area contributed by atoms with Crippen LogP contribution < -0.4 is 5.73 Å². The van der Waals surface area contributed by atoms with Crippen LogP contribution in [0, 0.1) is 17.7 Å². The number of rotatable bonds is 4. The van der Waals surface area contributed by atoms with Crippen molar-refractivity contribution in [1.82, 2.24) is 4.31 Å². The van der Waals surface area contributed by atoms with E-state index in [0.717, 1.165) is 6.07 Å². The predicted octanol–water partition coefficient (Wildman–Crippen LogP) is 1.17. The first-order chi connectivity index (χ1) is 8.97. The molecule has 0 aliphatic heterocycles. The van der Waals surface area contributed by atoms with Crippen molar-refractivity contribution in [2.45, 2.75) is 18.7 Å². The minimum atomic E-state index is -3.64. The number of nitrogens with two attached hydrogens (primary N) is 1. The molecule has 1 aromatic carbocycles. The largest absolute Gasteiger partial charge is 0.320 e. The third-order valence-corrected chi connectivity index (χ3v) is 4.65. The number of hydrogen-bond acceptors (Lipinski definition) is 3. The lowest BCUT2D eigenvalue weighted by molar-refractivity contribution is 0.444. The summed E-state index contributed by atoms with van der Waals surface area (Å²) in [4.78, 5) is -0.0630. The van der Waals surface area contributed by atoms with E-state index in [1.165, 1.54) is 16.4 Å². The standard InChI is InChI=1S/C13H17FN2O2S/c1-3-16(4-2)19(17,18)12-8-7-11(6-5-9-15)13(14)10-12/h7-8,10H,3-4,9,15H2,1-2H3. The van der Waals surface area contributed by atoms with Crippen LogP contribution in [0.1, 0.15) is 19.4 Å². The third-order valence-electron chi connectivity index (χ3n) is 2.61. The molecule has 0 heterocycles. The summed E-state index contributed by atoms with van der Waals surface area (Å²) in [6, 6.07) is 3.71. The molecular formula is C13H17FN2O2S. The lowest BCUT2D eigenvalue weighted by atomic mass is 10.2. The van der Waals surface area contributed by atoms with E-state index in [9.17, 15) is 12.8 Å². The van der Waals surface area contributed by atoms with Crippen molar-refractivity contribution in [3.05, 3.63) is 29.6 Å². The Hall–Kier alpha value is -1.42. The zero-order valence-corrected chi connectivity index (χ0v) is 11.8. The lowest BCUT2D eigenvalue weighted by Crippen LogP contribution is -2.30. The molecule has 0 spiro atoms. The van der Waals surface area contributed by atoms with E-state index in [1.807, 2.05) is 0 Å². The van der Waals surface area contributed by atoms with Crippen LogP contribution in [0.5, 0.6) is 0 Å². The average molecular weight is 284 g/mol. The molecule has 0 fully saturated rings. The van der Waals surface area contributed by atoms with Gasteiger partial charge in [-0.1, -0.05) is 25.7 Å². The minimum absolute atomic E-state index is 0.0630. The molecule has 0 bridgehead atoms. The van der Waals surface area contributed by atoms with Gasteiger partial charge in [0.1, 0.15) is 5.82 Å². The van der Waals surface area contributed by atoms with Crippen molar-refractivity contribution in [1.29, 1.82) is 0 Å². The van der Waals surface area contributed by atoms with Crippen molar-refractivity contribution in [2.24, 2.45) is 5.73 Å². The van der Waals surface area contributed by atoms with Gasteiger partial charge in [0.2, 0.25) is 10.0 Å². The Balaban J connectivity index is 3.21. The van der Waals surface area contributed by atoms with Crippen LogP contribution in [-0.2, 0) is 10.0 Å². The molecule has 0 saturated heterocycles. The first kappa shape index (κ1) is 15.6. The number of benzene rings is 1. The second-order valence-corrected chi connectivity index (χ2v) is 5.67. The van der Waals surface area contributed by atoms with Gasteiger partial charge in [-0.25, -0.2) is 12.8 Å². The summed E-state index contributed by atoms with van der Waals surface area (Å²) in [6.45, 7) is 4.28. The zero-order chi connectivity index (χ0) is 14.5. The molecule has 0 aliphatic carbocycles. The molecule has 19 heavy (non-hydrogen) atoms. The van der Waals surface area contributed by atoms with Crippen LogP contribution in [0.4, 0.5) is 4.39 Å². The third kappa shape index (κ3) is 3.53. The smallest absolute Gasteiger partial charge is 0.243 e. The minimum Gasteiger partial charge on any atom is -0.320 e. The van der Waals surface area contributed by atoms with Gasteiger partial charge in [-0.3, -0.25) is 0 Å². The Bertz CT molecular complexity index is 599. The molecule has 0 atom stereocenters. The Labute approximate surface area is 113 Å². The van der Waals surface area contributed by atoms with Gasteiger partial charge in [0, 0.05) is 13.1 Å². The quantitative estimate of drug-likeness (QED) is 0.844. The van der Waals surface area contributed by atoms with Gasteiger partial charge in [0.15, 0.2) is 0 Å². The highest BCUT2D eigenvalue weighted by Gasteiger charge is 2.22. The molecule has 0 saturated carbocycles. The summed E-state index contributed by atoms with van der Waals surface area (Å²) in [5.41, 5.74) is 5.35. The number of hydrogen-bond donors (Lipinski definition) is 1. The number of halogens is 1. The summed E-state index contributed by atoms with van der Waals surface area (Å²) >= 11 is 0. The van der Waals surface area contributed by atoms with Crippen molar-refractivity contribution < 1.29 is 12.8 Å². The van der Waals surface area contributed by atoms with E-state index in [2.05, 4.69) is 11.8 Å². The summed E-state index contributed by atoms with van der Waals surface area (Å²) in [5.74, 6) is 4.42. The highest BCUT2D eigenvalue weighted by atomic mass is 32.2. The van der Waals surface area contributed by atoms with Crippen LogP contribution in [0.15, 0.2) is 23.1 Å². The van der Waals surface area contributed by atoms with Crippen molar-refractivity contribution in [3.63, 3.8) is 0 Å². The molecule has 0 aromatic heterocycles. The normalized spacial score (nSPS) is 11.2. The maximum Gasteiger partial charge on any atom is 0.243 e. The number of nitrogens with zero attached hydrogens (tertiary/aromatic N) is 1. The molecule has 1 rings (SSSR count). The molecule has 0 unspecified atom stereocenters. The monoisotopic (exact) mass is 284 g/mol. The molecule has 6 heteroatoms. The predicted molar refractivity (Wildman–Crippen MR) is 72.4 cm³/mol. The fourth-order valence-electron chi connectivity index (χ4n) is 1.62. The number of sulfonamides is 1. The highest BCUT2D eigenvalue weighted by Crippen LogP contribution is 2.18. The average Bonchev–Trinajstić information content (AvgIpc) is 2.38. The van der Waals surface area contributed by atoms with E-state index in [-0.39, 0.29) is 17.0 Å². The van der Waals surface area contributed by atoms with E-state index >= 15 is 0 Å². The van der Waals surface area contributed by atoms with Gasteiger partial charge in [-0.15, -0.1) is 0 Å². The molecule has 2 N–H and O–H groups in total. The van der Waals surface area contributed by atoms with Crippen LogP contribution in [0.25, 0.3) is 0 Å². The lowest BCUT2D eigenvalue weighted by Gasteiger charge is -2.18. The maximum atomic E-state index is 13.7. The van der Waals surface area contributed by atoms with E-state index in [1.54, 1.807) is 13.8 Å². The Morgan fingerprint density at radius 1 is 1.32 bits per heavy atom. The second-order valence-electron chi connectivity index (χ2n) is 3.74. The van der Waals surface area contributed by atoms with E-state index in [0.29, 0.717) is 13.1 Å². The van der Waals surface area contributed by atoms with Crippen LogP contribution in [-0.4, -0.2) is 32.4 Å². The van der Waals surface area contributed by atoms with Gasteiger partial charge >= 0.3 is 0 Å². The zero-order valence-electron chi connectivity index (χ0n) is 11.0. The second kappa shape index (κ2) is 6.66. The topological polar surface area (TPSA) is 63.4 Å². The Morgan fingerprint density at radius 2 is 1.95 bits per heavy atom. The fraction of sp³-hybridized carbons (Fsp3) is 0.385. The molecular weight excluding hydrogens is 267 g/mol. The summed E-state index contributed by atoms with van der Waals surface area (Å²) in [6.07, 6.45) is 0. The molecule has 0 radical (unpaired) electrons. The summed E-state index contributed by atoms with van der Waals surface area (Å²) in [7, 11) is -3.64. The SMILES string of the molecule is CCN(CC)S(=O)(=O)c1ccc(C#CCN)c(F)c1.